The molecule has 9 heteroatoms. The molecule has 0 aromatic heterocycles. The minimum absolute atomic E-state index is 0.0611. The Morgan fingerprint density at radius 3 is 2.29 bits per heavy atom. The maximum atomic E-state index is 14.7. The monoisotopic (exact) mass is 503 g/mol. The van der Waals surface area contributed by atoms with Crippen LogP contribution in [0.25, 0.3) is 5.76 Å². The highest BCUT2D eigenvalue weighted by Crippen LogP contribution is 2.44. The average Bonchev–Trinajstić information content (AvgIpc) is 3.04. The highest BCUT2D eigenvalue weighted by molar-refractivity contribution is 6.51. The number of hydrogen-bond donors (Lipinski definition) is 1. The highest BCUT2D eigenvalue weighted by atomic mass is 35.5. The summed E-state index contributed by atoms with van der Waals surface area (Å²) in [5.74, 6) is -4.38. The van der Waals surface area contributed by atoms with Gasteiger partial charge in [-0.05, 0) is 36.8 Å². The van der Waals surface area contributed by atoms with E-state index in [-0.39, 0.29) is 32.6 Å². The van der Waals surface area contributed by atoms with Crippen LogP contribution >= 0.6 is 23.2 Å². The van der Waals surface area contributed by atoms with Crippen LogP contribution in [0.5, 0.6) is 5.75 Å². The van der Waals surface area contributed by atoms with Crippen molar-refractivity contribution >= 4 is 46.3 Å². The van der Waals surface area contributed by atoms with Crippen molar-refractivity contribution in [1.29, 1.82) is 0 Å². The van der Waals surface area contributed by atoms with Gasteiger partial charge in [0.15, 0.2) is 5.75 Å². The van der Waals surface area contributed by atoms with Crippen molar-refractivity contribution in [1.82, 2.24) is 0 Å². The lowest BCUT2D eigenvalue weighted by Gasteiger charge is -2.26. The third-order valence-corrected chi connectivity index (χ3v) is 6.01. The summed E-state index contributed by atoms with van der Waals surface area (Å²) in [7, 11) is 1.37. The van der Waals surface area contributed by atoms with E-state index < -0.39 is 35.1 Å². The number of aliphatic hydroxyl groups is 1. The predicted octanol–water partition coefficient (Wildman–Crippen LogP) is 6.21. The zero-order valence-corrected chi connectivity index (χ0v) is 19.4. The number of amides is 1. The number of ether oxygens (including phenoxy) is 1. The van der Waals surface area contributed by atoms with Gasteiger partial charge >= 0.3 is 0 Å². The van der Waals surface area contributed by atoms with Crippen molar-refractivity contribution in [3.05, 3.63) is 98.5 Å². The summed E-state index contributed by atoms with van der Waals surface area (Å²) in [5, 5.41) is 11.3. The van der Waals surface area contributed by atoms with Crippen LogP contribution in [0.1, 0.15) is 22.7 Å². The molecule has 1 saturated heterocycles. The fourth-order valence-electron chi connectivity index (χ4n) is 3.96. The molecule has 1 N–H and O–H groups in total. The molecule has 0 spiro atoms. The molecule has 174 valence electrons. The van der Waals surface area contributed by atoms with Gasteiger partial charge in [-0.1, -0.05) is 53.0 Å². The second-order valence-electron chi connectivity index (χ2n) is 7.65. The van der Waals surface area contributed by atoms with Crippen LogP contribution < -0.4 is 9.64 Å². The Labute approximate surface area is 203 Å². The zero-order valence-electron chi connectivity index (χ0n) is 17.9. The van der Waals surface area contributed by atoms with Gasteiger partial charge < -0.3 is 9.84 Å². The number of carbonyl (C=O) groups is 2. The number of aliphatic hydroxyl groups excluding tert-OH is 1. The number of carbonyl (C=O) groups excluding carboxylic acids is 2. The maximum Gasteiger partial charge on any atom is 0.300 e. The molecule has 4 rings (SSSR count). The molecule has 0 aliphatic carbocycles. The smallest absolute Gasteiger partial charge is 0.300 e. The number of hydrogen-bond acceptors (Lipinski definition) is 4. The second-order valence-corrected chi connectivity index (χ2v) is 8.47. The second kappa shape index (κ2) is 9.08. The van der Waals surface area contributed by atoms with Gasteiger partial charge in [-0.3, -0.25) is 14.5 Å². The molecular weight excluding hydrogens is 487 g/mol. The number of ketones is 1. The zero-order chi connectivity index (χ0) is 24.7. The van der Waals surface area contributed by atoms with Crippen molar-refractivity contribution in [3.63, 3.8) is 0 Å². The average molecular weight is 504 g/mol. The predicted molar refractivity (Wildman–Crippen MR) is 125 cm³/mol. The first kappa shape index (κ1) is 23.7. The Morgan fingerprint density at radius 2 is 1.71 bits per heavy atom. The molecule has 34 heavy (non-hydrogen) atoms. The van der Waals surface area contributed by atoms with Crippen LogP contribution in [0.3, 0.4) is 0 Å². The molecule has 1 heterocycles. The van der Waals surface area contributed by atoms with Crippen LogP contribution in [0.15, 0.2) is 60.2 Å². The van der Waals surface area contributed by atoms with E-state index in [1.807, 2.05) is 0 Å². The molecule has 1 fully saturated rings. The summed E-state index contributed by atoms with van der Waals surface area (Å²) in [6.07, 6.45) is 0. The van der Waals surface area contributed by atoms with E-state index in [4.69, 9.17) is 27.9 Å². The van der Waals surface area contributed by atoms with Crippen LogP contribution in [-0.4, -0.2) is 23.9 Å². The van der Waals surface area contributed by atoms with Gasteiger partial charge in [-0.2, -0.15) is 0 Å². The standard InChI is InChI=1S/C25H17Cl2F2NO4/c1-12-4-3-5-13(8-12)21-20(22(31)14-9-16(26)24(34-2)17(27)10-14)23(32)25(33)30(21)19-7-6-15(28)11-18(19)29/h3-11,21,31H,1-2H3/b22-20+. The third-order valence-electron chi connectivity index (χ3n) is 5.45. The van der Waals surface area contributed by atoms with Gasteiger partial charge in [-0.15, -0.1) is 0 Å². The van der Waals surface area contributed by atoms with E-state index in [1.165, 1.54) is 19.2 Å². The Morgan fingerprint density at radius 1 is 1.03 bits per heavy atom. The molecule has 5 nitrogen and oxygen atoms in total. The number of aryl methyl sites for hydroxylation is 1. The fraction of sp³-hybridized carbons (Fsp3) is 0.120. The van der Waals surface area contributed by atoms with Crippen molar-refractivity contribution in [2.75, 3.05) is 12.0 Å². The molecule has 0 bridgehead atoms. The molecule has 1 amide bonds. The van der Waals surface area contributed by atoms with E-state index in [2.05, 4.69) is 0 Å². The van der Waals surface area contributed by atoms with E-state index in [1.54, 1.807) is 31.2 Å². The lowest BCUT2D eigenvalue weighted by Crippen LogP contribution is -2.30. The van der Waals surface area contributed by atoms with Crippen LogP contribution in [-0.2, 0) is 9.59 Å². The Bertz CT molecular complexity index is 1350. The van der Waals surface area contributed by atoms with E-state index in [0.717, 1.165) is 22.6 Å². The van der Waals surface area contributed by atoms with Crippen molar-refractivity contribution < 1.29 is 28.2 Å². The molecule has 1 unspecified atom stereocenters. The maximum absolute atomic E-state index is 14.7. The van der Waals surface area contributed by atoms with Crippen LogP contribution in [0.2, 0.25) is 10.0 Å². The number of rotatable bonds is 4. The van der Waals surface area contributed by atoms with E-state index in [9.17, 15) is 23.5 Å². The molecule has 1 aliphatic heterocycles. The molecular formula is C25H17Cl2F2NO4. The molecule has 1 atom stereocenters. The number of Topliss-reactive ketones (excluding diaryl/α,β-unsaturated/α-hetero) is 1. The minimum Gasteiger partial charge on any atom is -0.507 e. The Balaban J connectivity index is 1.99. The van der Waals surface area contributed by atoms with E-state index >= 15 is 0 Å². The van der Waals surface area contributed by atoms with Crippen molar-refractivity contribution in [3.8, 4) is 5.75 Å². The summed E-state index contributed by atoms with van der Waals surface area (Å²) < 4.78 is 33.4. The summed E-state index contributed by atoms with van der Waals surface area (Å²) in [6, 6.07) is 11.0. The first-order chi connectivity index (χ1) is 16.1. The van der Waals surface area contributed by atoms with Gasteiger partial charge in [0.25, 0.3) is 11.7 Å². The van der Waals surface area contributed by atoms with Gasteiger partial charge in [0.05, 0.1) is 34.5 Å². The summed E-state index contributed by atoms with van der Waals surface area (Å²) in [5.41, 5.74) is 0.705. The largest absolute Gasteiger partial charge is 0.507 e. The summed E-state index contributed by atoms with van der Waals surface area (Å²) in [6.45, 7) is 1.80. The highest BCUT2D eigenvalue weighted by Gasteiger charge is 2.47. The summed E-state index contributed by atoms with van der Waals surface area (Å²) >= 11 is 12.4. The number of anilines is 1. The van der Waals surface area contributed by atoms with Crippen LogP contribution in [0.4, 0.5) is 14.5 Å². The third kappa shape index (κ3) is 4.02. The molecule has 0 saturated carbocycles. The van der Waals surface area contributed by atoms with Gasteiger partial charge in [-0.25, -0.2) is 8.78 Å². The molecule has 0 radical (unpaired) electrons. The van der Waals surface area contributed by atoms with Crippen molar-refractivity contribution in [2.24, 2.45) is 0 Å². The molecule has 3 aromatic rings. The Hall–Kier alpha value is -3.42. The lowest BCUT2D eigenvalue weighted by atomic mass is 9.94. The number of halogens is 4. The van der Waals surface area contributed by atoms with Gasteiger partial charge in [0.1, 0.15) is 17.4 Å². The molecule has 3 aromatic carbocycles. The SMILES string of the molecule is COc1c(Cl)cc(/C(O)=C2\C(=O)C(=O)N(c3ccc(F)cc3F)C2c2cccc(C)c2)cc1Cl. The summed E-state index contributed by atoms with van der Waals surface area (Å²) in [4.78, 5) is 27.1. The first-order valence-corrected chi connectivity index (χ1v) is 10.8. The Kier molecular flexibility index (Phi) is 6.34. The number of benzene rings is 3. The van der Waals surface area contributed by atoms with Gasteiger partial charge in [0.2, 0.25) is 0 Å². The minimum atomic E-state index is -1.19. The quantitative estimate of drug-likeness (QED) is 0.261. The normalized spacial score (nSPS) is 17.4. The first-order valence-electron chi connectivity index (χ1n) is 10.00. The number of nitrogens with zero attached hydrogens (tertiary/aromatic N) is 1. The number of methoxy groups -OCH3 is 1. The lowest BCUT2D eigenvalue weighted by molar-refractivity contribution is -0.132. The van der Waals surface area contributed by atoms with Gasteiger partial charge in [0, 0.05) is 11.6 Å². The van der Waals surface area contributed by atoms with E-state index in [0.29, 0.717) is 11.6 Å². The van der Waals surface area contributed by atoms with Crippen LogP contribution in [0, 0.1) is 18.6 Å². The van der Waals surface area contributed by atoms with Crippen molar-refractivity contribution in [2.45, 2.75) is 13.0 Å². The topological polar surface area (TPSA) is 66.8 Å². The molecule has 1 aliphatic rings. The fourth-order valence-corrected chi connectivity index (χ4v) is 4.60.